The van der Waals surface area contributed by atoms with Crippen molar-refractivity contribution in [3.8, 4) is 0 Å². The minimum absolute atomic E-state index is 0.651. The van der Waals surface area contributed by atoms with Crippen molar-refractivity contribution < 1.29 is 0 Å². The van der Waals surface area contributed by atoms with Gasteiger partial charge >= 0.3 is 0 Å². The molecule has 1 aliphatic carbocycles. The second-order valence-electron chi connectivity index (χ2n) is 5.68. The van der Waals surface area contributed by atoms with Crippen LogP contribution in [-0.2, 0) is 13.1 Å². The number of benzene rings is 1. The molecule has 2 rings (SSSR count). The summed E-state index contributed by atoms with van der Waals surface area (Å²) >= 11 is 0. The van der Waals surface area contributed by atoms with Gasteiger partial charge < -0.3 is 5.73 Å². The molecule has 0 atom stereocenters. The van der Waals surface area contributed by atoms with Crippen LogP contribution in [0.3, 0.4) is 0 Å². The van der Waals surface area contributed by atoms with Gasteiger partial charge in [-0.15, -0.1) is 0 Å². The van der Waals surface area contributed by atoms with Crippen molar-refractivity contribution >= 4 is 0 Å². The zero-order chi connectivity index (χ0) is 13.5. The van der Waals surface area contributed by atoms with E-state index in [0.717, 1.165) is 19.1 Å². The SMILES string of the molecule is CCN(Cc1ccccc1CN)C1CCCCCC1. The van der Waals surface area contributed by atoms with E-state index in [4.69, 9.17) is 5.73 Å². The lowest BCUT2D eigenvalue weighted by atomic mass is 10.0. The lowest BCUT2D eigenvalue weighted by Gasteiger charge is -2.30. The van der Waals surface area contributed by atoms with Gasteiger partial charge in [-0.2, -0.15) is 0 Å². The number of hydrogen-bond acceptors (Lipinski definition) is 2. The number of nitrogens with two attached hydrogens (primary N) is 1. The average Bonchev–Trinajstić information content (AvgIpc) is 2.74. The lowest BCUT2D eigenvalue weighted by molar-refractivity contribution is 0.179. The van der Waals surface area contributed by atoms with Gasteiger partial charge in [-0.05, 0) is 30.5 Å². The summed E-state index contributed by atoms with van der Waals surface area (Å²) in [4.78, 5) is 2.65. The van der Waals surface area contributed by atoms with Crippen LogP contribution in [0.1, 0.15) is 56.6 Å². The van der Waals surface area contributed by atoms with E-state index in [1.807, 2.05) is 0 Å². The van der Waals surface area contributed by atoms with E-state index >= 15 is 0 Å². The summed E-state index contributed by atoms with van der Waals surface area (Å²) in [5.41, 5.74) is 8.57. The fourth-order valence-electron chi connectivity index (χ4n) is 3.25. The number of nitrogens with zero attached hydrogens (tertiary/aromatic N) is 1. The molecule has 0 heterocycles. The maximum Gasteiger partial charge on any atom is 0.0239 e. The van der Waals surface area contributed by atoms with Crippen molar-refractivity contribution in [1.29, 1.82) is 0 Å². The highest BCUT2D eigenvalue weighted by molar-refractivity contribution is 5.26. The normalized spacial score (nSPS) is 17.6. The van der Waals surface area contributed by atoms with E-state index in [-0.39, 0.29) is 0 Å². The molecule has 1 aliphatic rings. The van der Waals surface area contributed by atoms with Crippen LogP contribution in [0.25, 0.3) is 0 Å². The van der Waals surface area contributed by atoms with Crippen molar-refractivity contribution in [2.24, 2.45) is 5.73 Å². The van der Waals surface area contributed by atoms with Crippen molar-refractivity contribution in [2.75, 3.05) is 6.54 Å². The first-order chi connectivity index (χ1) is 9.35. The first-order valence-electron chi connectivity index (χ1n) is 7.86. The fourth-order valence-corrected chi connectivity index (χ4v) is 3.25. The molecule has 2 N–H and O–H groups in total. The summed E-state index contributed by atoms with van der Waals surface area (Å²) in [6, 6.07) is 9.40. The topological polar surface area (TPSA) is 29.3 Å². The molecule has 0 spiro atoms. The average molecular weight is 260 g/mol. The van der Waals surface area contributed by atoms with E-state index < -0.39 is 0 Å². The Labute approximate surface area is 118 Å². The zero-order valence-electron chi connectivity index (χ0n) is 12.3. The highest BCUT2D eigenvalue weighted by Crippen LogP contribution is 2.24. The van der Waals surface area contributed by atoms with Gasteiger partial charge in [0.15, 0.2) is 0 Å². The van der Waals surface area contributed by atoms with Gasteiger partial charge in [-0.1, -0.05) is 56.9 Å². The van der Waals surface area contributed by atoms with Gasteiger partial charge in [0.25, 0.3) is 0 Å². The molecule has 2 heteroatoms. The molecular formula is C17H28N2. The molecule has 0 aromatic heterocycles. The van der Waals surface area contributed by atoms with Crippen LogP contribution in [0.4, 0.5) is 0 Å². The van der Waals surface area contributed by atoms with Gasteiger partial charge in [-0.3, -0.25) is 4.90 Å². The van der Waals surface area contributed by atoms with E-state index in [2.05, 4.69) is 36.1 Å². The molecular weight excluding hydrogens is 232 g/mol. The van der Waals surface area contributed by atoms with E-state index in [0.29, 0.717) is 6.54 Å². The monoisotopic (exact) mass is 260 g/mol. The van der Waals surface area contributed by atoms with Gasteiger partial charge in [0.2, 0.25) is 0 Å². The maximum atomic E-state index is 5.85. The Morgan fingerprint density at radius 1 is 1.05 bits per heavy atom. The first kappa shape index (κ1) is 14.5. The molecule has 106 valence electrons. The van der Waals surface area contributed by atoms with E-state index in [9.17, 15) is 0 Å². The largest absolute Gasteiger partial charge is 0.326 e. The first-order valence-corrected chi connectivity index (χ1v) is 7.86. The molecule has 0 unspecified atom stereocenters. The fraction of sp³-hybridized carbons (Fsp3) is 0.647. The van der Waals surface area contributed by atoms with Crippen molar-refractivity contribution in [3.05, 3.63) is 35.4 Å². The van der Waals surface area contributed by atoms with Crippen molar-refractivity contribution in [3.63, 3.8) is 0 Å². The van der Waals surface area contributed by atoms with Crippen LogP contribution < -0.4 is 5.73 Å². The molecule has 0 amide bonds. The molecule has 0 saturated heterocycles. The van der Waals surface area contributed by atoms with Gasteiger partial charge in [0.05, 0.1) is 0 Å². The van der Waals surface area contributed by atoms with Crippen LogP contribution >= 0.6 is 0 Å². The predicted octanol–water partition coefficient (Wildman–Crippen LogP) is 3.69. The molecule has 0 radical (unpaired) electrons. The van der Waals surface area contributed by atoms with Crippen molar-refractivity contribution in [2.45, 2.75) is 64.6 Å². The molecule has 2 nitrogen and oxygen atoms in total. The Balaban J connectivity index is 2.05. The zero-order valence-corrected chi connectivity index (χ0v) is 12.3. The molecule has 1 aromatic carbocycles. The molecule has 1 fully saturated rings. The Morgan fingerprint density at radius 2 is 1.68 bits per heavy atom. The Kier molecular flexibility index (Phi) is 5.87. The third-order valence-corrected chi connectivity index (χ3v) is 4.46. The van der Waals surface area contributed by atoms with Gasteiger partial charge in [0, 0.05) is 19.1 Å². The second kappa shape index (κ2) is 7.66. The van der Waals surface area contributed by atoms with Crippen LogP contribution in [0.5, 0.6) is 0 Å². The number of hydrogen-bond donors (Lipinski definition) is 1. The minimum atomic E-state index is 0.651. The summed E-state index contributed by atoms with van der Waals surface area (Å²) in [5.74, 6) is 0. The molecule has 0 bridgehead atoms. The van der Waals surface area contributed by atoms with Gasteiger partial charge in [0.1, 0.15) is 0 Å². The van der Waals surface area contributed by atoms with Crippen LogP contribution in [0, 0.1) is 0 Å². The summed E-state index contributed by atoms with van der Waals surface area (Å²) in [7, 11) is 0. The molecule has 19 heavy (non-hydrogen) atoms. The summed E-state index contributed by atoms with van der Waals surface area (Å²) in [6.07, 6.45) is 8.40. The highest BCUT2D eigenvalue weighted by Gasteiger charge is 2.19. The van der Waals surface area contributed by atoms with Crippen molar-refractivity contribution in [1.82, 2.24) is 4.90 Å². The summed E-state index contributed by atoms with van der Waals surface area (Å²) in [6.45, 7) is 5.15. The van der Waals surface area contributed by atoms with Gasteiger partial charge in [-0.25, -0.2) is 0 Å². The minimum Gasteiger partial charge on any atom is -0.326 e. The third-order valence-electron chi connectivity index (χ3n) is 4.46. The molecule has 1 saturated carbocycles. The number of rotatable bonds is 5. The molecule has 0 aliphatic heterocycles. The Morgan fingerprint density at radius 3 is 2.26 bits per heavy atom. The highest BCUT2D eigenvalue weighted by atomic mass is 15.1. The van der Waals surface area contributed by atoms with Crippen LogP contribution in [0.15, 0.2) is 24.3 Å². The molecule has 1 aromatic rings. The van der Waals surface area contributed by atoms with Crippen LogP contribution in [0.2, 0.25) is 0 Å². The lowest BCUT2D eigenvalue weighted by Crippen LogP contribution is -2.34. The second-order valence-corrected chi connectivity index (χ2v) is 5.68. The Bertz CT molecular complexity index is 367. The predicted molar refractivity (Wildman–Crippen MR) is 81.9 cm³/mol. The smallest absolute Gasteiger partial charge is 0.0239 e. The standard InChI is InChI=1S/C17H28N2/c1-2-19(17-11-5-3-4-6-12-17)14-16-10-8-7-9-15(16)13-18/h7-10,17H,2-6,11-14,18H2,1H3. The van der Waals surface area contributed by atoms with Crippen LogP contribution in [-0.4, -0.2) is 17.5 Å². The maximum absolute atomic E-state index is 5.85. The third kappa shape index (κ3) is 4.05. The summed E-state index contributed by atoms with van der Waals surface area (Å²) in [5, 5.41) is 0. The summed E-state index contributed by atoms with van der Waals surface area (Å²) < 4.78 is 0. The van der Waals surface area contributed by atoms with E-state index in [1.165, 1.54) is 49.7 Å². The Hall–Kier alpha value is -0.860. The quantitative estimate of drug-likeness (QED) is 0.818. The van der Waals surface area contributed by atoms with E-state index in [1.54, 1.807) is 0 Å².